The second kappa shape index (κ2) is 7.23. The molecular formula is C20H24N2O4S. The van der Waals surface area contributed by atoms with Gasteiger partial charge in [-0.2, -0.15) is 0 Å². The van der Waals surface area contributed by atoms with Crippen LogP contribution in [0.25, 0.3) is 0 Å². The summed E-state index contributed by atoms with van der Waals surface area (Å²) in [5.41, 5.74) is 3.35. The van der Waals surface area contributed by atoms with Crippen LogP contribution in [0.4, 0.5) is 11.4 Å². The van der Waals surface area contributed by atoms with Crippen molar-refractivity contribution >= 4 is 27.3 Å². The van der Waals surface area contributed by atoms with Gasteiger partial charge in [-0.05, 0) is 68.1 Å². The molecule has 2 aromatic rings. The van der Waals surface area contributed by atoms with Gasteiger partial charge in [0.25, 0.3) is 10.0 Å². The summed E-state index contributed by atoms with van der Waals surface area (Å²) in [6.45, 7) is 6.06. The lowest BCUT2D eigenvalue weighted by molar-refractivity contribution is -0.117. The van der Waals surface area contributed by atoms with Gasteiger partial charge in [-0.25, -0.2) is 8.42 Å². The Kier molecular flexibility index (Phi) is 5.15. The van der Waals surface area contributed by atoms with Gasteiger partial charge in [-0.3, -0.25) is 9.52 Å². The van der Waals surface area contributed by atoms with E-state index in [2.05, 4.69) is 4.72 Å². The number of rotatable bonds is 5. The van der Waals surface area contributed by atoms with Crippen LogP contribution in [0.15, 0.2) is 35.2 Å². The number of carbonyl (C=O) groups excluding carboxylic acids is 1. The summed E-state index contributed by atoms with van der Waals surface area (Å²) in [5, 5.41) is 0. The normalized spacial score (nSPS) is 14.5. The van der Waals surface area contributed by atoms with Crippen LogP contribution in [-0.4, -0.2) is 28.0 Å². The van der Waals surface area contributed by atoms with Crippen LogP contribution < -0.4 is 14.4 Å². The topological polar surface area (TPSA) is 75.7 Å². The molecule has 0 spiro atoms. The van der Waals surface area contributed by atoms with E-state index in [0.717, 1.165) is 17.7 Å². The SMILES string of the molecule is COc1cc(C)c(S(=O)(=O)Nc2ccc(C)c(N3CCCC3=O)c2)c(C)c1. The molecule has 1 aliphatic rings. The second-order valence-electron chi connectivity index (χ2n) is 6.85. The standard InChI is InChI=1S/C20H24N2O4S/c1-13-7-8-16(12-18(13)22-9-5-6-19(22)23)21-27(24,25)20-14(2)10-17(26-4)11-15(20)3/h7-8,10-12,21H,5-6,9H2,1-4H3. The number of nitrogens with one attached hydrogen (secondary N) is 1. The van der Waals surface area contributed by atoms with E-state index >= 15 is 0 Å². The van der Waals surface area contributed by atoms with Crippen molar-refractivity contribution in [3.8, 4) is 5.75 Å². The lowest BCUT2D eigenvalue weighted by Gasteiger charge is -2.20. The van der Waals surface area contributed by atoms with E-state index in [0.29, 0.717) is 35.5 Å². The number of hydrogen-bond donors (Lipinski definition) is 1. The summed E-state index contributed by atoms with van der Waals surface area (Å²) in [5.74, 6) is 0.689. The first-order valence-electron chi connectivity index (χ1n) is 8.82. The van der Waals surface area contributed by atoms with Gasteiger partial charge in [-0.15, -0.1) is 0 Å². The highest BCUT2D eigenvalue weighted by Gasteiger charge is 2.25. The van der Waals surface area contributed by atoms with E-state index in [-0.39, 0.29) is 10.8 Å². The van der Waals surface area contributed by atoms with Crippen LogP contribution in [0.1, 0.15) is 29.5 Å². The van der Waals surface area contributed by atoms with E-state index < -0.39 is 10.0 Å². The molecule has 6 nitrogen and oxygen atoms in total. The molecule has 1 aliphatic heterocycles. The van der Waals surface area contributed by atoms with Gasteiger partial charge in [0, 0.05) is 18.7 Å². The Balaban J connectivity index is 1.96. The summed E-state index contributed by atoms with van der Waals surface area (Å²) in [6.07, 6.45) is 1.35. The van der Waals surface area contributed by atoms with E-state index in [1.54, 1.807) is 50.1 Å². The number of amides is 1. The predicted octanol–water partition coefficient (Wildman–Crippen LogP) is 3.55. The van der Waals surface area contributed by atoms with Crippen LogP contribution >= 0.6 is 0 Å². The quantitative estimate of drug-likeness (QED) is 0.850. The van der Waals surface area contributed by atoms with Crippen molar-refractivity contribution in [2.24, 2.45) is 0 Å². The van der Waals surface area contributed by atoms with Crippen molar-refractivity contribution in [3.05, 3.63) is 47.0 Å². The largest absolute Gasteiger partial charge is 0.497 e. The molecule has 1 heterocycles. The minimum Gasteiger partial charge on any atom is -0.497 e. The lowest BCUT2D eigenvalue weighted by atomic mass is 10.1. The molecule has 144 valence electrons. The molecule has 0 unspecified atom stereocenters. The minimum absolute atomic E-state index is 0.0694. The Morgan fingerprint density at radius 1 is 1.04 bits per heavy atom. The molecule has 0 atom stereocenters. The smallest absolute Gasteiger partial charge is 0.262 e. The van der Waals surface area contributed by atoms with Crippen LogP contribution in [0, 0.1) is 20.8 Å². The number of ether oxygens (including phenoxy) is 1. The van der Waals surface area contributed by atoms with E-state index in [4.69, 9.17) is 4.74 Å². The minimum atomic E-state index is -3.78. The molecule has 0 bridgehead atoms. The molecule has 7 heteroatoms. The Morgan fingerprint density at radius 3 is 2.26 bits per heavy atom. The summed E-state index contributed by atoms with van der Waals surface area (Å²) in [6, 6.07) is 8.66. The van der Waals surface area contributed by atoms with Gasteiger partial charge in [0.2, 0.25) is 5.91 Å². The number of benzene rings is 2. The number of aryl methyl sites for hydroxylation is 3. The molecular weight excluding hydrogens is 364 g/mol. The Hall–Kier alpha value is -2.54. The van der Waals surface area contributed by atoms with E-state index in [1.807, 2.05) is 13.0 Å². The molecule has 1 saturated heterocycles. The van der Waals surface area contributed by atoms with Crippen LogP contribution in [0.5, 0.6) is 5.75 Å². The zero-order valence-corrected chi connectivity index (χ0v) is 16.8. The number of anilines is 2. The number of methoxy groups -OCH3 is 1. The fourth-order valence-electron chi connectivity index (χ4n) is 3.52. The third-order valence-corrected chi connectivity index (χ3v) is 6.45. The first-order valence-corrected chi connectivity index (χ1v) is 10.3. The van der Waals surface area contributed by atoms with Crippen LogP contribution in [0.3, 0.4) is 0 Å². The number of nitrogens with zero attached hydrogens (tertiary/aromatic N) is 1. The average Bonchev–Trinajstić information content (AvgIpc) is 3.01. The summed E-state index contributed by atoms with van der Waals surface area (Å²) in [7, 11) is -2.23. The molecule has 3 rings (SSSR count). The van der Waals surface area contributed by atoms with Crippen molar-refractivity contribution in [1.29, 1.82) is 0 Å². The van der Waals surface area contributed by atoms with Crippen molar-refractivity contribution < 1.29 is 17.9 Å². The highest BCUT2D eigenvalue weighted by molar-refractivity contribution is 7.92. The lowest BCUT2D eigenvalue weighted by Crippen LogP contribution is -2.24. The summed E-state index contributed by atoms with van der Waals surface area (Å²) < 4.78 is 33.8. The number of hydrogen-bond acceptors (Lipinski definition) is 4. The third-order valence-electron chi connectivity index (χ3n) is 4.76. The first-order chi connectivity index (χ1) is 12.7. The first kappa shape index (κ1) is 19.2. The zero-order valence-electron chi connectivity index (χ0n) is 16.0. The second-order valence-corrected chi connectivity index (χ2v) is 8.47. The van der Waals surface area contributed by atoms with E-state index in [9.17, 15) is 13.2 Å². The molecule has 1 N–H and O–H groups in total. The van der Waals surface area contributed by atoms with Gasteiger partial charge >= 0.3 is 0 Å². The van der Waals surface area contributed by atoms with Crippen LogP contribution in [0.2, 0.25) is 0 Å². The third kappa shape index (κ3) is 3.78. The molecule has 0 aliphatic carbocycles. The molecule has 2 aromatic carbocycles. The van der Waals surface area contributed by atoms with Gasteiger partial charge in [-0.1, -0.05) is 6.07 Å². The maximum absolute atomic E-state index is 13.0. The highest BCUT2D eigenvalue weighted by atomic mass is 32.2. The Morgan fingerprint density at radius 2 is 1.70 bits per heavy atom. The zero-order chi connectivity index (χ0) is 19.8. The van der Waals surface area contributed by atoms with Crippen molar-refractivity contribution in [2.45, 2.75) is 38.5 Å². The van der Waals surface area contributed by atoms with Gasteiger partial charge in [0.05, 0.1) is 17.7 Å². The van der Waals surface area contributed by atoms with Gasteiger partial charge < -0.3 is 9.64 Å². The molecule has 0 saturated carbocycles. The average molecular weight is 388 g/mol. The highest BCUT2D eigenvalue weighted by Crippen LogP contribution is 2.31. The molecule has 0 aromatic heterocycles. The Labute approximate surface area is 160 Å². The van der Waals surface area contributed by atoms with Crippen LogP contribution in [-0.2, 0) is 14.8 Å². The number of carbonyl (C=O) groups is 1. The monoisotopic (exact) mass is 388 g/mol. The maximum Gasteiger partial charge on any atom is 0.262 e. The molecule has 1 amide bonds. The maximum atomic E-state index is 13.0. The number of sulfonamides is 1. The molecule has 1 fully saturated rings. The van der Waals surface area contributed by atoms with Gasteiger partial charge in [0.1, 0.15) is 5.75 Å². The van der Waals surface area contributed by atoms with Crippen molar-refractivity contribution in [2.75, 3.05) is 23.3 Å². The summed E-state index contributed by atoms with van der Waals surface area (Å²) >= 11 is 0. The summed E-state index contributed by atoms with van der Waals surface area (Å²) in [4.78, 5) is 14.0. The van der Waals surface area contributed by atoms with Crippen molar-refractivity contribution in [1.82, 2.24) is 0 Å². The fraction of sp³-hybridized carbons (Fsp3) is 0.350. The Bertz CT molecular complexity index is 976. The van der Waals surface area contributed by atoms with Crippen molar-refractivity contribution in [3.63, 3.8) is 0 Å². The molecule has 0 radical (unpaired) electrons. The molecule has 27 heavy (non-hydrogen) atoms. The fourth-order valence-corrected chi connectivity index (χ4v) is 5.03. The van der Waals surface area contributed by atoms with Gasteiger partial charge in [0.15, 0.2) is 0 Å². The van der Waals surface area contributed by atoms with E-state index in [1.165, 1.54) is 0 Å². The predicted molar refractivity (Wildman–Crippen MR) is 106 cm³/mol.